The molecule has 2 aromatic rings. The fraction of sp³-hybridized carbons (Fsp3) is 0.458. The first-order valence-corrected chi connectivity index (χ1v) is 10.9. The lowest BCUT2D eigenvalue weighted by Gasteiger charge is -2.44. The van der Waals surface area contributed by atoms with Crippen molar-refractivity contribution < 1.29 is 19.4 Å². The molecule has 158 valence electrons. The lowest BCUT2D eigenvalue weighted by atomic mass is 9.79. The second kappa shape index (κ2) is 7.17. The van der Waals surface area contributed by atoms with Gasteiger partial charge in [-0.1, -0.05) is 41.9 Å². The maximum atomic E-state index is 11.6. The van der Waals surface area contributed by atoms with Crippen molar-refractivity contribution in [2.45, 2.75) is 39.0 Å². The molecule has 5 nitrogen and oxygen atoms in total. The molecule has 2 aliphatic heterocycles. The predicted octanol–water partition coefficient (Wildman–Crippen LogP) is 4.99. The number of hydrogen-bond donors (Lipinski definition) is 1. The second-order valence-corrected chi connectivity index (χ2v) is 9.42. The molecule has 1 aliphatic carbocycles. The van der Waals surface area contributed by atoms with Gasteiger partial charge in [0.05, 0.1) is 10.6 Å². The van der Waals surface area contributed by atoms with Crippen molar-refractivity contribution >= 4 is 17.6 Å². The molecule has 5 rings (SSSR count). The lowest BCUT2D eigenvalue weighted by Crippen LogP contribution is -2.54. The zero-order valence-corrected chi connectivity index (χ0v) is 18.0. The summed E-state index contributed by atoms with van der Waals surface area (Å²) in [5.41, 5.74) is 2.07. The monoisotopic (exact) mass is 427 g/mol. The first-order valence-electron chi connectivity index (χ1n) is 10.6. The molecule has 1 saturated heterocycles. The van der Waals surface area contributed by atoms with E-state index in [1.54, 1.807) is 6.92 Å². The second-order valence-electron chi connectivity index (χ2n) is 9.02. The van der Waals surface area contributed by atoms with Crippen LogP contribution in [0.4, 0.5) is 0 Å². The quantitative estimate of drug-likeness (QED) is 0.744. The van der Waals surface area contributed by atoms with Crippen molar-refractivity contribution in [1.29, 1.82) is 0 Å². The van der Waals surface area contributed by atoms with Crippen molar-refractivity contribution in [2.75, 3.05) is 13.1 Å². The molecule has 1 N–H and O–H groups in total. The Morgan fingerprint density at radius 3 is 2.43 bits per heavy atom. The minimum absolute atomic E-state index is 0.159. The Morgan fingerprint density at radius 2 is 1.80 bits per heavy atom. The van der Waals surface area contributed by atoms with Gasteiger partial charge in [0.1, 0.15) is 0 Å². The average Bonchev–Trinajstić information content (AvgIpc) is 3.22. The first kappa shape index (κ1) is 19.7. The molecule has 0 aromatic heterocycles. The maximum absolute atomic E-state index is 11.6. The van der Waals surface area contributed by atoms with E-state index in [-0.39, 0.29) is 11.5 Å². The summed E-state index contributed by atoms with van der Waals surface area (Å²) in [5, 5.41) is 9.78. The third kappa shape index (κ3) is 3.15. The smallest absolute Gasteiger partial charge is 0.336 e. The molecule has 0 radical (unpaired) electrons. The van der Waals surface area contributed by atoms with Gasteiger partial charge in [0.15, 0.2) is 11.5 Å². The van der Waals surface area contributed by atoms with E-state index in [9.17, 15) is 9.90 Å². The first-order chi connectivity index (χ1) is 14.4. The van der Waals surface area contributed by atoms with Gasteiger partial charge < -0.3 is 14.6 Å². The average molecular weight is 428 g/mol. The number of benzene rings is 2. The molecule has 2 bridgehead atoms. The zero-order chi connectivity index (χ0) is 21.0. The SMILES string of the molecule is Cc1c(C(=O)O)cc(Cl)c2c1OC(C)(C1C3CCC1CN(Cc1ccccc1)C3)O2. The van der Waals surface area contributed by atoms with Gasteiger partial charge in [0.25, 0.3) is 5.79 Å². The van der Waals surface area contributed by atoms with Crippen LogP contribution in [-0.4, -0.2) is 34.9 Å². The summed E-state index contributed by atoms with van der Waals surface area (Å²) in [6, 6.07) is 12.1. The third-order valence-corrected chi connectivity index (χ3v) is 7.32. The van der Waals surface area contributed by atoms with Gasteiger partial charge in [-0.2, -0.15) is 0 Å². The van der Waals surface area contributed by atoms with Crippen LogP contribution in [0.3, 0.4) is 0 Å². The van der Waals surface area contributed by atoms with E-state index in [0.29, 0.717) is 33.9 Å². The summed E-state index contributed by atoms with van der Waals surface area (Å²) >= 11 is 6.38. The standard InChI is InChI=1S/C24H26ClNO4/c1-14-18(23(27)28)10-19(25)22-21(14)29-24(2,30-22)20-16-8-9-17(20)13-26(12-16)11-15-6-4-3-5-7-15/h3-7,10,16-17,20H,8-9,11-13H2,1-2H3,(H,27,28). The third-order valence-electron chi connectivity index (χ3n) is 7.04. The molecule has 6 heteroatoms. The molecule has 3 aliphatic rings. The maximum Gasteiger partial charge on any atom is 0.336 e. The number of fused-ring (bicyclic) bond motifs is 3. The number of halogens is 1. The number of piperidine rings is 1. The lowest BCUT2D eigenvalue weighted by molar-refractivity contribution is -0.149. The number of rotatable bonds is 4. The van der Waals surface area contributed by atoms with E-state index in [1.165, 1.54) is 11.6 Å². The van der Waals surface area contributed by atoms with Crippen molar-refractivity contribution in [3.8, 4) is 11.5 Å². The zero-order valence-electron chi connectivity index (χ0n) is 17.2. The normalized spacial score (nSPS) is 29.9. The number of nitrogens with zero attached hydrogens (tertiary/aromatic N) is 1. The molecule has 0 spiro atoms. The van der Waals surface area contributed by atoms with Gasteiger partial charge >= 0.3 is 5.97 Å². The number of carbonyl (C=O) groups is 1. The van der Waals surface area contributed by atoms with Gasteiger partial charge in [-0.15, -0.1) is 0 Å². The van der Waals surface area contributed by atoms with Gasteiger partial charge in [-0.25, -0.2) is 4.79 Å². The molecular formula is C24H26ClNO4. The van der Waals surface area contributed by atoms with Gasteiger partial charge in [0, 0.05) is 38.0 Å². The Balaban J connectivity index is 1.38. The van der Waals surface area contributed by atoms with E-state index >= 15 is 0 Å². The summed E-state index contributed by atoms with van der Waals surface area (Å²) in [7, 11) is 0. The van der Waals surface area contributed by atoms with Crippen molar-refractivity contribution in [3.63, 3.8) is 0 Å². The summed E-state index contributed by atoms with van der Waals surface area (Å²) in [4.78, 5) is 14.1. The topological polar surface area (TPSA) is 59.0 Å². The van der Waals surface area contributed by atoms with Crippen LogP contribution in [0.25, 0.3) is 0 Å². The Bertz CT molecular complexity index is 980. The van der Waals surface area contributed by atoms with Crippen LogP contribution in [0.5, 0.6) is 11.5 Å². The number of ether oxygens (including phenoxy) is 2. The summed E-state index contributed by atoms with van der Waals surface area (Å²) in [5.74, 6) is 0.332. The Morgan fingerprint density at radius 1 is 1.17 bits per heavy atom. The van der Waals surface area contributed by atoms with Crippen LogP contribution < -0.4 is 9.47 Å². The molecule has 2 fully saturated rings. The molecule has 3 atom stereocenters. The summed E-state index contributed by atoms with van der Waals surface area (Å²) in [6.07, 6.45) is 2.32. The van der Waals surface area contributed by atoms with E-state index < -0.39 is 11.8 Å². The largest absolute Gasteiger partial charge is 0.478 e. The summed E-state index contributed by atoms with van der Waals surface area (Å²) < 4.78 is 12.7. The number of hydrogen-bond acceptors (Lipinski definition) is 4. The number of carboxylic acid groups (broad SMARTS) is 1. The van der Waals surface area contributed by atoms with E-state index in [1.807, 2.05) is 6.92 Å². The molecule has 2 aromatic carbocycles. The van der Waals surface area contributed by atoms with Gasteiger partial charge in [-0.3, -0.25) is 4.90 Å². The predicted molar refractivity (Wildman–Crippen MR) is 114 cm³/mol. The fourth-order valence-corrected chi connectivity index (χ4v) is 6.08. The Hall–Kier alpha value is -2.24. The van der Waals surface area contributed by atoms with Crippen LogP contribution in [0.15, 0.2) is 36.4 Å². The highest BCUT2D eigenvalue weighted by Gasteiger charge is 2.56. The number of carboxylic acids is 1. The van der Waals surface area contributed by atoms with E-state index in [4.69, 9.17) is 21.1 Å². The Kier molecular flexibility index (Phi) is 4.71. The van der Waals surface area contributed by atoms with E-state index in [0.717, 1.165) is 32.5 Å². The summed E-state index contributed by atoms with van der Waals surface area (Å²) in [6.45, 7) is 6.74. The molecular weight excluding hydrogens is 402 g/mol. The highest BCUT2D eigenvalue weighted by atomic mass is 35.5. The molecule has 3 unspecified atom stereocenters. The van der Waals surface area contributed by atoms with Crippen molar-refractivity contribution in [1.82, 2.24) is 4.90 Å². The van der Waals surface area contributed by atoms with Gasteiger partial charge in [0.2, 0.25) is 0 Å². The minimum Gasteiger partial charge on any atom is -0.478 e. The van der Waals surface area contributed by atoms with Crippen LogP contribution in [0.1, 0.15) is 41.3 Å². The molecule has 0 amide bonds. The van der Waals surface area contributed by atoms with Crippen molar-refractivity contribution in [3.05, 3.63) is 58.1 Å². The fourth-order valence-electron chi connectivity index (χ4n) is 5.85. The van der Waals surface area contributed by atoms with Crippen LogP contribution >= 0.6 is 11.6 Å². The van der Waals surface area contributed by atoms with Crippen LogP contribution in [-0.2, 0) is 6.54 Å². The minimum atomic E-state index is -1.01. The highest BCUT2D eigenvalue weighted by molar-refractivity contribution is 6.32. The highest BCUT2D eigenvalue weighted by Crippen LogP contribution is 2.55. The Labute approximate surface area is 181 Å². The van der Waals surface area contributed by atoms with Crippen LogP contribution in [0.2, 0.25) is 5.02 Å². The number of aromatic carboxylic acids is 1. The van der Waals surface area contributed by atoms with Crippen molar-refractivity contribution in [2.24, 2.45) is 17.8 Å². The molecule has 2 heterocycles. The molecule has 30 heavy (non-hydrogen) atoms. The van der Waals surface area contributed by atoms with Crippen LogP contribution in [0, 0.1) is 24.7 Å². The molecule has 1 saturated carbocycles. The number of likely N-dealkylation sites (tertiary alicyclic amines) is 1. The van der Waals surface area contributed by atoms with Gasteiger partial charge in [-0.05, 0) is 43.2 Å². The van der Waals surface area contributed by atoms with E-state index in [2.05, 4.69) is 35.2 Å².